The number of ether oxygens (including phenoxy) is 1. The van der Waals surface area contributed by atoms with Crippen molar-refractivity contribution in [1.82, 2.24) is 15.1 Å². The van der Waals surface area contributed by atoms with Gasteiger partial charge in [-0.2, -0.15) is 4.98 Å². The summed E-state index contributed by atoms with van der Waals surface area (Å²) in [5.41, 5.74) is 7.22. The number of hydrogen-bond donors (Lipinski definition) is 4. The van der Waals surface area contributed by atoms with Crippen molar-refractivity contribution in [3.05, 3.63) is 5.69 Å². The smallest absolute Gasteiger partial charge is 0.321 e. The molecule has 1 aliphatic rings. The lowest BCUT2D eigenvalue weighted by atomic mass is 9.91. The first-order chi connectivity index (χ1) is 18.3. The van der Waals surface area contributed by atoms with Crippen LogP contribution in [0, 0.1) is 18.8 Å². The molecular formula is C27H49N6O4P. The molecule has 11 heteroatoms. The minimum Gasteiger partial charge on any atom is -0.480 e. The number of aliphatic carboxylic acids is 1. The quantitative estimate of drug-likeness (QED) is 0.0967. The number of carboxylic acid groups (broad SMARTS) is 1. The molecule has 1 saturated heterocycles. The first-order valence-corrected chi connectivity index (χ1v) is 15.8. The van der Waals surface area contributed by atoms with Crippen LogP contribution in [0.4, 0.5) is 17.5 Å². The second-order valence-corrected chi connectivity index (χ2v) is 11.7. The van der Waals surface area contributed by atoms with Gasteiger partial charge in [0.15, 0.2) is 5.82 Å². The fraction of sp³-hybridized carbons (Fsp3) is 0.778. The number of nitrogens with two attached hydrogens (primary N) is 1. The zero-order chi connectivity index (χ0) is 27.9. The fourth-order valence-electron chi connectivity index (χ4n) is 4.74. The Balaban J connectivity index is 1.76. The summed E-state index contributed by atoms with van der Waals surface area (Å²) < 4.78 is 12.0. The van der Waals surface area contributed by atoms with Crippen molar-refractivity contribution in [2.24, 2.45) is 16.8 Å². The molecular weight excluding hydrogens is 503 g/mol. The summed E-state index contributed by atoms with van der Waals surface area (Å²) in [4.78, 5) is 24.9. The number of aryl methyl sites for hydroxylation is 1. The summed E-state index contributed by atoms with van der Waals surface area (Å²) in [6.45, 7) is 9.36. The summed E-state index contributed by atoms with van der Waals surface area (Å²) in [5.74, 6) is 0.806. The SMILES string of the molecule is CCCCCCCCC(N[P@@](C)OCC1CC(CC(C=Nc2c(C)nc(N)nc2NC)CC)CO1)C(=O)O. The molecule has 5 N–H and O–H groups in total. The molecule has 0 saturated carbocycles. The largest absolute Gasteiger partial charge is 0.480 e. The Morgan fingerprint density at radius 3 is 2.71 bits per heavy atom. The highest BCUT2D eigenvalue weighted by Gasteiger charge is 2.28. The third kappa shape index (κ3) is 11.5. The lowest BCUT2D eigenvalue weighted by Crippen LogP contribution is -2.33. The number of rotatable bonds is 19. The van der Waals surface area contributed by atoms with Crippen molar-refractivity contribution >= 4 is 37.9 Å². The van der Waals surface area contributed by atoms with E-state index < -0.39 is 20.3 Å². The van der Waals surface area contributed by atoms with E-state index in [1.165, 1.54) is 25.7 Å². The Bertz CT molecular complexity index is 874. The van der Waals surface area contributed by atoms with Crippen LogP contribution in [0.5, 0.6) is 0 Å². The molecule has 0 aromatic carbocycles. The van der Waals surface area contributed by atoms with E-state index in [1.807, 2.05) is 19.8 Å². The van der Waals surface area contributed by atoms with Gasteiger partial charge in [-0.15, -0.1) is 0 Å². The highest BCUT2D eigenvalue weighted by molar-refractivity contribution is 7.49. The average Bonchev–Trinajstić information content (AvgIpc) is 3.34. The monoisotopic (exact) mass is 552 g/mol. The molecule has 216 valence electrons. The first kappa shape index (κ1) is 32.3. The molecule has 2 heterocycles. The number of carboxylic acids is 1. The lowest BCUT2D eigenvalue weighted by Gasteiger charge is -2.21. The minimum atomic E-state index is -1.03. The van der Waals surface area contributed by atoms with Gasteiger partial charge >= 0.3 is 5.97 Å². The van der Waals surface area contributed by atoms with Crippen LogP contribution in [0.25, 0.3) is 0 Å². The number of hydrogen-bond acceptors (Lipinski definition) is 9. The van der Waals surface area contributed by atoms with E-state index in [-0.39, 0.29) is 12.1 Å². The number of unbranched alkanes of at least 4 members (excludes halogenated alkanes) is 5. The Hall–Kier alpha value is -1.87. The molecule has 0 aliphatic carbocycles. The van der Waals surface area contributed by atoms with Crippen LogP contribution in [0.2, 0.25) is 0 Å². The zero-order valence-corrected chi connectivity index (χ0v) is 24.8. The molecule has 1 aromatic heterocycles. The van der Waals surface area contributed by atoms with Crippen molar-refractivity contribution in [3.63, 3.8) is 0 Å². The molecule has 38 heavy (non-hydrogen) atoms. The molecule has 0 radical (unpaired) electrons. The lowest BCUT2D eigenvalue weighted by molar-refractivity contribution is -0.139. The molecule has 0 amide bonds. The normalized spacial score (nSPS) is 20.0. The summed E-state index contributed by atoms with van der Waals surface area (Å²) in [7, 11) is 0.763. The van der Waals surface area contributed by atoms with Crippen molar-refractivity contribution in [2.45, 2.75) is 97.1 Å². The van der Waals surface area contributed by atoms with Crippen LogP contribution in [-0.2, 0) is 14.1 Å². The number of nitrogen functional groups attached to an aromatic ring is 1. The van der Waals surface area contributed by atoms with E-state index in [1.54, 1.807) is 7.05 Å². The van der Waals surface area contributed by atoms with E-state index in [0.29, 0.717) is 43.0 Å². The molecule has 5 atom stereocenters. The van der Waals surface area contributed by atoms with Gasteiger partial charge in [0.2, 0.25) is 5.95 Å². The number of anilines is 2. The zero-order valence-electron chi connectivity index (χ0n) is 23.9. The van der Waals surface area contributed by atoms with Crippen LogP contribution in [0.1, 0.15) is 83.7 Å². The molecule has 0 bridgehead atoms. The molecule has 1 aromatic rings. The molecule has 4 unspecified atom stereocenters. The van der Waals surface area contributed by atoms with Crippen LogP contribution in [0.3, 0.4) is 0 Å². The summed E-state index contributed by atoms with van der Waals surface area (Å²) >= 11 is 0. The van der Waals surface area contributed by atoms with Gasteiger partial charge in [-0.3, -0.25) is 14.9 Å². The first-order valence-electron chi connectivity index (χ1n) is 14.1. The fourth-order valence-corrected chi connectivity index (χ4v) is 5.89. The summed E-state index contributed by atoms with van der Waals surface area (Å²) in [6.07, 6.45) is 12.4. The van der Waals surface area contributed by atoms with E-state index in [4.69, 9.17) is 20.0 Å². The predicted molar refractivity (Wildman–Crippen MR) is 156 cm³/mol. The van der Waals surface area contributed by atoms with Gasteiger partial charge in [-0.05, 0) is 51.1 Å². The minimum absolute atomic E-state index is 0.0340. The van der Waals surface area contributed by atoms with Gasteiger partial charge in [0.05, 0.1) is 26.7 Å². The van der Waals surface area contributed by atoms with Gasteiger partial charge in [-0.1, -0.05) is 52.4 Å². The topological polar surface area (TPSA) is 144 Å². The molecule has 2 rings (SSSR count). The molecule has 10 nitrogen and oxygen atoms in total. The number of aliphatic imine (C=N–C) groups is 1. The van der Waals surface area contributed by atoms with Crippen molar-refractivity contribution < 1.29 is 19.2 Å². The van der Waals surface area contributed by atoms with Crippen molar-refractivity contribution in [2.75, 3.05) is 38.0 Å². The van der Waals surface area contributed by atoms with E-state index >= 15 is 0 Å². The number of nitrogens with one attached hydrogen (secondary N) is 2. The van der Waals surface area contributed by atoms with Gasteiger partial charge in [0.1, 0.15) is 11.7 Å². The standard InChI is InChI=1S/C27H49N6O4P/c1-6-8-9-10-11-12-13-23(26(34)35)33-38(5)37-18-22-15-21(17-36-22)14-20(7-2)16-30-24-19(3)31-27(28)32-25(24)29-4/h16,20-23,33H,6-15,17-18H2,1-5H3,(H,34,35)(H3,28,29,31,32)/t20?,21?,22?,23?,38-/m1/s1. The maximum Gasteiger partial charge on any atom is 0.321 e. The predicted octanol–water partition coefficient (Wildman–Crippen LogP) is 5.68. The summed E-state index contributed by atoms with van der Waals surface area (Å²) in [5, 5.41) is 15.8. The van der Waals surface area contributed by atoms with Crippen molar-refractivity contribution in [3.8, 4) is 0 Å². The Morgan fingerprint density at radius 2 is 2.03 bits per heavy atom. The third-order valence-corrected chi connectivity index (χ3v) is 8.20. The maximum absolute atomic E-state index is 11.7. The number of aromatic nitrogens is 2. The van der Waals surface area contributed by atoms with E-state index in [0.717, 1.165) is 37.8 Å². The van der Waals surface area contributed by atoms with Gasteiger partial charge < -0.3 is 25.4 Å². The van der Waals surface area contributed by atoms with Crippen molar-refractivity contribution in [1.29, 1.82) is 0 Å². The van der Waals surface area contributed by atoms with Crippen LogP contribution >= 0.6 is 8.30 Å². The molecule has 1 aliphatic heterocycles. The highest BCUT2D eigenvalue weighted by atomic mass is 31.2. The van der Waals surface area contributed by atoms with Crippen LogP contribution < -0.4 is 16.1 Å². The highest BCUT2D eigenvalue weighted by Crippen LogP contribution is 2.33. The molecule has 0 spiro atoms. The van der Waals surface area contributed by atoms with Crippen LogP contribution in [-0.4, -0.2) is 66.3 Å². The van der Waals surface area contributed by atoms with Gasteiger partial charge in [0, 0.05) is 19.9 Å². The average molecular weight is 553 g/mol. The summed E-state index contributed by atoms with van der Waals surface area (Å²) in [6, 6.07) is -0.558. The van der Waals surface area contributed by atoms with E-state index in [9.17, 15) is 9.90 Å². The Labute approximate surface area is 229 Å². The van der Waals surface area contributed by atoms with E-state index in [2.05, 4.69) is 34.2 Å². The second-order valence-electron chi connectivity index (χ2n) is 10.2. The Morgan fingerprint density at radius 1 is 1.29 bits per heavy atom. The Kier molecular flexibility index (Phi) is 15.0. The number of nitrogens with zero attached hydrogens (tertiary/aromatic N) is 3. The third-order valence-electron chi connectivity index (χ3n) is 6.99. The second kappa shape index (κ2) is 17.7. The maximum atomic E-state index is 11.7. The van der Waals surface area contributed by atoms with Gasteiger partial charge in [0.25, 0.3) is 0 Å². The van der Waals surface area contributed by atoms with Crippen LogP contribution in [0.15, 0.2) is 4.99 Å². The molecule has 1 fully saturated rings. The number of carbonyl (C=O) groups is 1. The van der Waals surface area contributed by atoms with Gasteiger partial charge in [-0.25, -0.2) is 4.98 Å².